The summed E-state index contributed by atoms with van der Waals surface area (Å²) < 4.78 is 8.75. The largest absolute Gasteiger partial charge is 0.487 e. The first-order valence-electron chi connectivity index (χ1n) is 11.7. The number of hydrogen-bond acceptors (Lipinski definition) is 3. The van der Waals surface area contributed by atoms with Crippen LogP contribution in [0.3, 0.4) is 0 Å². The summed E-state index contributed by atoms with van der Waals surface area (Å²) >= 11 is 0. The molecule has 2 aromatic heterocycles. The molecule has 4 heteroatoms. The van der Waals surface area contributed by atoms with Crippen LogP contribution < -0.4 is 4.74 Å². The first kappa shape index (κ1) is 18.4. The van der Waals surface area contributed by atoms with Crippen molar-refractivity contribution in [3.8, 4) is 16.9 Å². The number of hydrogen-bond donors (Lipinski definition) is 0. The van der Waals surface area contributed by atoms with Gasteiger partial charge in [-0.25, -0.2) is 4.98 Å². The van der Waals surface area contributed by atoms with E-state index in [1.54, 1.807) is 0 Å². The summed E-state index contributed by atoms with van der Waals surface area (Å²) in [5, 5.41) is 0. The molecule has 6 rings (SSSR count). The van der Waals surface area contributed by atoms with Crippen LogP contribution in [-0.2, 0) is 6.42 Å². The first-order valence-corrected chi connectivity index (χ1v) is 11.7. The van der Waals surface area contributed by atoms with Gasteiger partial charge >= 0.3 is 0 Å². The Morgan fingerprint density at radius 3 is 3.03 bits per heavy atom. The van der Waals surface area contributed by atoms with E-state index in [2.05, 4.69) is 57.7 Å². The lowest BCUT2D eigenvalue weighted by molar-refractivity contribution is -0.0361. The highest BCUT2D eigenvalue weighted by atomic mass is 16.5. The Kier molecular flexibility index (Phi) is 4.38. The van der Waals surface area contributed by atoms with Gasteiger partial charge in [-0.1, -0.05) is 19.4 Å². The molecule has 0 radical (unpaired) electrons. The van der Waals surface area contributed by atoms with E-state index in [0.29, 0.717) is 6.04 Å². The highest BCUT2D eigenvalue weighted by Crippen LogP contribution is 2.45. The summed E-state index contributed by atoms with van der Waals surface area (Å²) in [6.07, 6.45) is 14.9. The van der Waals surface area contributed by atoms with Crippen LogP contribution in [-0.4, -0.2) is 39.0 Å². The smallest absolute Gasteiger partial charge is 0.136 e. The van der Waals surface area contributed by atoms with E-state index in [0.717, 1.165) is 30.2 Å². The zero-order valence-corrected chi connectivity index (χ0v) is 17.9. The molecule has 156 valence electrons. The fourth-order valence-electron chi connectivity index (χ4n) is 6.17. The number of ether oxygens (including phenoxy) is 1. The molecule has 0 amide bonds. The number of imidazole rings is 1. The van der Waals surface area contributed by atoms with Gasteiger partial charge in [0.15, 0.2) is 0 Å². The third-order valence-corrected chi connectivity index (χ3v) is 7.70. The van der Waals surface area contributed by atoms with Crippen LogP contribution >= 0.6 is 0 Å². The van der Waals surface area contributed by atoms with E-state index in [1.807, 2.05) is 12.4 Å². The van der Waals surface area contributed by atoms with Crippen molar-refractivity contribution in [3.05, 3.63) is 54.5 Å². The van der Waals surface area contributed by atoms with Crippen LogP contribution in [0.4, 0.5) is 0 Å². The molecular formula is C26H31N3O. The van der Waals surface area contributed by atoms with E-state index >= 15 is 0 Å². The van der Waals surface area contributed by atoms with Gasteiger partial charge in [-0.15, -0.1) is 0 Å². The lowest BCUT2D eigenvalue weighted by Gasteiger charge is -2.48. The average molecular weight is 402 g/mol. The number of rotatable bonds is 3. The van der Waals surface area contributed by atoms with Gasteiger partial charge in [0.05, 0.1) is 0 Å². The first-order chi connectivity index (χ1) is 14.7. The molecule has 3 aromatic rings. The van der Waals surface area contributed by atoms with Crippen LogP contribution in [0.15, 0.2) is 48.9 Å². The minimum Gasteiger partial charge on any atom is -0.487 e. The maximum atomic E-state index is 6.67. The lowest BCUT2D eigenvalue weighted by Crippen LogP contribution is -2.55. The molecule has 0 bridgehead atoms. The van der Waals surface area contributed by atoms with Crippen molar-refractivity contribution in [2.24, 2.45) is 5.92 Å². The third kappa shape index (κ3) is 3.13. The molecule has 5 heterocycles. The number of benzene rings is 1. The lowest BCUT2D eigenvalue weighted by atomic mass is 9.77. The summed E-state index contributed by atoms with van der Waals surface area (Å²) in [4.78, 5) is 7.13. The number of aromatic nitrogens is 2. The highest BCUT2D eigenvalue weighted by Gasteiger charge is 2.46. The van der Waals surface area contributed by atoms with E-state index in [9.17, 15) is 0 Å². The molecule has 30 heavy (non-hydrogen) atoms. The highest BCUT2D eigenvalue weighted by molar-refractivity contribution is 5.67. The fourth-order valence-corrected chi connectivity index (χ4v) is 6.17. The second-order valence-electron chi connectivity index (χ2n) is 9.73. The summed E-state index contributed by atoms with van der Waals surface area (Å²) in [7, 11) is 0. The number of fused-ring (bicyclic) bond motifs is 3. The van der Waals surface area contributed by atoms with Gasteiger partial charge in [0.1, 0.15) is 17.0 Å². The van der Waals surface area contributed by atoms with Crippen LogP contribution in [0.2, 0.25) is 0 Å². The van der Waals surface area contributed by atoms with E-state index in [-0.39, 0.29) is 5.60 Å². The molecule has 3 atom stereocenters. The predicted octanol–water partition coefficient (Wildman–Crippen LogP) is 5.35. The van der Waals surface area contributed by atoms with Crippen molar-refractivity contribution in [3.63, 3.8) is 0 Å². The molecule has 4 nitrogen and oxygen atoms in total. The van der Waals surface area contributed by atoms with Gasteiger partial charge in [-0.3, -0.25) is 4.90 Å². The van der Waals surface area contributed by atoms with Gasteiger partial charge in [-0.2, -0.15) is 0 Å². The zero-order valence-electron chi connectivity index (χ0n) is 17.9. The van der Waals surface area contributed by atoms with Gasteiger partial charge in [0.2, 0.25) is 0 Å². The van der Waals surface area contributed by atoms with E-state index in [1.165, 1.54) is 61.9 Å². The Hall–Kier alpha value is -2.33. The summed E-state index contributed by atoms with van der Waals surface area (Å²) in [6, 6.07) is 11.7. The van der Waals surface area contributed by atoms with Crippen molar-refractivity contribution in [1.29, 1.82) is 0 Å². The Morgan fingerprint density at radius 1 is 1.17 bits per heavy atom. The molecule has 3 aliphatic heterocycles. The molecule has 1 spiro atoms. The molecule has 0 saturated carbocycles. The standard InChI is InChI=1S/C26H31N3O/c1-2-3-19-4-7-23-16-26(10-12-28(23)17-19)15-22-14-20(5-8-24(22)30-26)21-6-9-25-27-11-13-29(25)18-21/h5-6,8-9,11,13-14,18-19,23H,2-4,7,10,12,15-17H2,1H3. The predicted molar refractivity (Wildman–Crippen MR) is 120 cm³/mol. The van der Waals surface area contributed by atoms with Crippen LogP contribution in [0.25, 0.3) is 16.8 Å². The maximum absolute atomic E-state index is 6.67. The molecule has 2 fully saturated rings. The summed E-state index contributed by atoms with van der Waals surface area (Å²) in [5.41, 5.74) is 4.89. The number of pyridine rings is 1. The van der Waals surface area contributed by atoms with Crippen molar-refractivity contribution >= 4 is 5.65 Å². The number of piperidine rings is 2. The molecule has 3 unspecified atom stereocenters. The quantitative estimate of drug-likeness (QED) is 0.593. The van der Waals surface area contributed by atoms with Gasteiger partial charge < -0.3 is 9.14 Å². The fraction of sp³-hybridized carbons (Fsp3) is 0.500. The summed E-state index contributed by atoms with van der Waals surface area (Å²) in [6.45, 7) is 4.83. The number of nitrogens with zero attached hydrogens (tertiary/aromatic N) is 3. The van der Waals surface area contributed by atoms with Crippen molar-refractivity contribution < 1.29 is 4.74 Å². The molecule has 0 aliphatic carbocycles. The van der Waals surface area contributed by atoms with Gasteiger partial charge in [0, 0.05) is 57.0 Å². The van der Waals surface area contributed by atoms with Crippen molar-refractivity contribution in [1.82, 2.24) is 14.3 Å². The Bertz CT molecular complexity index is 1070. The minimum atomic E-state index is 0.0218. The van der Waals surface area contributed by atoms with Gasteiger partial charge in [0.25, 0.3) is 0 Å². The molecule has 3 aliphatic rings. The Morgan fingerprint density at radius 2 is 2.10 bits per heavy atom. The topological polar surface area (TPSA) is 29.8 Å². The van der Waals surface area contributed by atoms with Crippen molar-refractivity contribution in [2.75, 3.05) is 13.1 Å². The summed E-state index contributed by atoms with van der Waals surface area (Å²) in [5.74, 6) is 2.02. The maximum Gasteiger partial charge on any atom is 0.136 e. The van der Waals surface area contributed by atoms with Crippen LogP contribution in [0, 0.1) is 5.92 Å². The zero-order chi connectivity index (χ0) is 20.1. The van der Waals surface area contributed by atoms with E-state index in [4.69, 9.17) is 4.74 Å². The average Bonchev–Trinajstić information content (AvgIpc) is 3.37. The minimum absolute atomic E-state index is 0.0218. The Balaban J connectivity index is 1.21. The molecule has 0 N–H and O–H groups in total. The second-order valence-corrected chi connectivity index (χ2v) is 9.73. The Labute approximate surface area is 178 Å². The van der Waals surface area contributed by atoms with Crippen LogP contribution in [0.1, 0.15) is 51.0 Å². The third-order valence-electron chi connectivity index (χ3n) is 7.70. The molecular weight excluding hydrogens is 370 g/mol. The normalized spacial score (nSPS) is 28.4. The molecule has 1 aromatic carbocycles. The SMILES string of the molecule is CCCC1CCC2CC3(CCN2C1)Cc1cc(-c2ccc4nccn4c2)ccc1O3. The van der Waals surface area contributed by atoms with Gasteiger partial charge in [-0.05, 0) is 66.1 Å². The van der Waals surface area contributed by atoms with Crippen LogP contribution in [0.5, 0.6) is 5.75 Å². The van der Waals surface area contributed by atoms with E-state index < -0.39 is 0 Å². The van der Waals surface area contributed by atoms with Crippen molar-refractivity contribution in [2.45, 2.75) is 63.5 Å². The molecule has 2 saturated heterocycles. The monoisotopic (exact) mass is 401 g/mol. The second kappa shape index (κ2) is 7.12.